The molecule has 1 aromatic rings. The highest BCUT2D eigenvalue weighted by atomic mass is 16.5. The Morgan fingerprint density at radius 2 is 2.10 bits per heavy atom. The van der Waals surface area contributed by atoms with Crippen LogP contribution in [0.5, 0.6) is 5.75 Å². The van der Waals surface area contributed by atoms with Gasteiger partial charge in [-0.05, 0) is 50.3 Å². The molecule has 1 aromatic carbocycles. The number of ether oxygens (including phenoxy) is 1. The number of nitrogens with zero attached hydrogens (tertiary/aromatic N) is 1. The standard InChI is InChI=1S/C17H24N2O2/c20-17(13-21-15-7-2-1-3-8-15)19-11-5-6-14(12-19)16-9-4-10-18-16/h1-3,7-8,14,16,18H,4-6,9-13H2. The lowest BCUT2D eigenvalue weighted by atomic mass is 9.90. The number of likely N-dealkylation sites (tertiary alicyclic amines) is 1. The van der Waals surface area contributed by atoms with Crippen molar-refractivity contribution in [3.63, 3.8) is 0 Å². The molecule has 0 saturated carbocycles. The largest absolute Gasteiger partial charge is 0.484 e. The molecule has 1 amide bonds. The molecule has 3 rings (SSSR count). The third kappa shape index (κ3) is 3.76. The summed E-state index contributed by atoms with van der Waals surface area (Å²) in [6.45, 7) is 3.04. The van der Waals surface area contributed by atoms with Gasteiger partial charge in [0.1, 0.15) is 5.75 Å². The summed E-state index contributed by atoms with van der Waals surface area (Å²) >= 11 is 0. The van der Waals surface area contributed by atoms with Gasteiger partial charge in [-0.1, -0.05) is 18.2 Å². The molecule has 2 saturated heterocycles. The number of hydrogen-bond acceptors (Lipinski definition) is 3. The van der Waals surface area contributed by atoms with E-state index in [9.17, 15) is 4.79 Å². The Balaban J connectivity index is 1.49. The summed E-state index contributed by atoms with van der Waals surface area (Å²) in [6, 6.07) is 10.2. The van der Waals surface area contributed by atoms with Crippen molar-refractivity contribution >= 4 is 5.91 Å². The maximum Gasteiger partial charge on any atom is 0.260 e. The first-order valence-electron chi connectivity index (χ1n) is 8.02. The molecule has 4 heteroatoms. The number of rotatable bonds is 4. The quantitative estimate of drug-likeness (QED) is 0.922. The third-order valence-corrected chi connectivity index (χ3v) is 4.58. The Morgan fingerprint density at radius 1 is 1.24 bits per heavy atom. The molecular formula is C17H24N2O2. The van der Waals surface area contributed by atoms with Crippen LogP contribution in [0.15, 0.2) is 30.3 Å². The van der Waals surface area contributed by atoms with Crippen LogP contribution in [-0.4, -0.2) is 43.1 Å². The molecule has 2 atom stereocenters. The molecular weight excluding hydrogens is 264 g/mol. The number of nitrogens with one attached hydrogen (secondary N) is 1. The van der Waals surface area contributed by atoms with Gasteiger partial charge in [-0.3, -0.25) is 4.79 Å². The monoisotopic (exact) mass is 288 g/mol. The Kier molecular flexibility index (Phi) is 4.76. The predicted octanol–water partition coefficient (Wildman–Crippen LogP) is 2.06. The molecule has 1 N–H and O–H groups in total. The molecule has 0 spiro atoms. The third-order valence-electron chi connectivity index (χ3n) is 4.58. The molecule has 0 aromatic heterocycles. The van der Waals surface area contributed by atoms with Crippen LogP contribution in [0.25, 0.3) is 0 Å². The summed E-state index contributed by atoms with van der Waals surface area (Å²) in [5.41, 5.74) is 0. The number of para-hydroxylation sites is 1. The first-order valence-corrected chi connectivity index (χ1v) is 8.02. The maximum atomic E-state index is 12.3. The van der Waals surface area contributed by atoms with Gasteiger partial charge < -0.3 is 15.0 Å². The minimum absolute atomic E-state index is 0.113. The van der Waals surface area contributed by atoms with Crippen molar-refractivity contribution in [1.29, 1.82) is 0 Å². The molecule has 4 nitrogen and oxygen atoms in total. The van der Waals surface area contributed by atoms with Crippen LogP contribution in [-0.2, 0) is 4.79 Å². The first kappa shape index (κ1) is 14.4. The van der Waals surface area contributed by atoms with E-state index in [4.69, 9.17) is 4.74 Å². The van der Waals surface area contributed by atoms with Gasteiger partial charge in [0, 0.05) is 19.1 Å². The maximum absolute atomic E-state index is 12.3. The molecule has 2 unspecified atom stereocenters. The van der Waals surface area contributed by atoms with Crippen LogP contribution < -0.4 is 10.1 Å². The molecule has 2 fully saturated rings. The second kappa shape index (κ2) is 6.94. The second-order valence-corrected chi connectivity index (χ2v) is 6.05. The number of piperidine rings is 1. The van der Waals surface area contributed by atoms with Crippen molar-refractivity contribution < 1.29 is 9.53 Å². The summed E-state index contributed by atoms with van der Waals surface area (Å²) in [6.07, 6.45) is 4.88. The highest BCUT2D eigenvalue weighted by Gasteiger charge is 2.30. The summed E-state index contributed by atoms with van der Waals surface area (Å²) < 4.78 is 5.57. The number of amides is 1. The van der Waals surface area contributed by atoms with Gasteiger partial charge in [0.15, 0.2) is 6.61 Å². The summed E-state index contributed by atoms with van der Waals surface area (Å²) in [5.74, 6) is 1.49. The van der Waals surface area contributed by atoms with E-state index in [1.165, 1.54) is 19.3 Å². The van der Waals surface area contributed by atoms with Crippen molar-refractivity contribution in [3.8, 4) is 5.75 Å². The Bertz CT molecular complexity index is 457. The Morgan fingerprint density at radius 3 is 2.86 bits per heavy atom. The minimum Gasteiger partial charge on any atom is -0.484 e. The van der Waals surface area contributed by atoms with Crippen molar-refractivity contribution in [2.24, 2.45) is 5.92 Å². The van der Waals surface area contributed by atoms with Crippen molar-refractivity contribution in [3.05, 3.63) is 30.3 Å². The van der Waals surface area contributed by atoms with Gasteiger partial charge in [0.05, 0.1) is 0 Å². The highest BCUT2D eigenvalue weighted by Crippen LogP contribution is 2.24. The van der Waals surface area contributed by atoms with Gasteiger partial charge in [-0.25, -0.2) is 0 Å². The zero-order chi connectivity index (χ0) is 14.5. The number of carbonyl (C=O) groups excluding carboxylic acids is 1. The van der Waals surface area contributed by atoms with Gasteiger partial charge in [0.2, 0.25) is 0 Å². The molecule has 21 heavy (non-hydrogen) atoms. The number of benzene rings is 1. The Labute approximate surface area is 126 Å². The molecule has 114 valence electrons. The average Bonchev–Trinajstić information content (AvgIpc) is 3.08. The smallest absolute Gasteiger partial charge is 0.260 e. The molecule has 2 heterocycles. The van der Waals surface area contributed by atoms with E-state index >= 15 is 0 Å². The van der Waals surface area contributed by atoms with Gasteiger partial charge >= 0.3 is 0 Å². The lowest BCUT2D eigenvalue weighted by Crippen LogP contribution is -2.47. The summed E-state index contributed by atoms with van der Waals surface area (Å²) in [7, 11) is 0. The molecule has 2 aliphatic heterocycles. The second-order valence-electron chi connectivity index (χ2n) is 6.05. The van der Waals surface area contributed by atoms with Crippen molar-refractivity contribution in [1.82, 2.24) is 10.2 Å². The van der Waals surface area contributed by atoms with Gasteiger partial charge in [-0.15, -0.1) is 0 Å². The average molecular weight is 288 g/mol. The SMILES string of the molecule is O=C(COc1ccccc1)N1CCCC(C2CCCN2)C1. The van der Waals surface area contributed by atoms with Crippen LogP contribution in [0.2, 0.25) is 0 Å². The lowest BCUT2D eigenvalue weighted by molar-refractivity contribution is -0.135. The lowest BCUT2D eigenvalue weighted by Gasteiger charge is -2.35. The first-order chi connectivity index (χ1) is 10.3. The van der Waals surface area contributed by atoms with E-state index < -0.39 is 0 Å². The van der Waals surface area contributed by atoms with Gasteiger partial charge in [-0.2, -0.15) is 0 Å². The van der Waals surface area contributed by atoms with E-state index in [0.717, 1.165) is 31.8 Å². The van der Waals surface area contributed by atoms with Crippen LogP contribution in [0.3, 0.4) is 0 Å². The fourth-order valence-electron chi connectivity index (χ4n) is 3.43. The molecule has 0 aliphatic carbocycles. The summed E-state index contributed by atoms with van der Waals surface area (Å²) in [5, 5.41) is 3.57. The fraction of sp³-hybridized carbons (Fsp3) is 0.588. The zero-order valence-corrected chi connectivity index (χ0v) is 12.5. The van der Waals surface area contributed by atoms with Crippen LogP contribution in [0, 0.1) is 5.92 Å². The highest BCUT2D eigenvalue weighted by molar-refractivity contribution is 5.77. The molecule has 0 radical (unpaired) electrons. The topological polar surface area (TPSA) is 41.6 Å². The summed E-state index contributed by atoms with van der Waals surface area (Å²) in [4.78, 5) is 14.3. The number of hydrogen-bond donors (Lipinski definition) is 1. The Hall–Kier alpha value is -1.55. The van der Waals surface area contributed by atoms with Crippen LogP contribution in [0.1, 0.15) is 25.7 Å². The van der Waals surface area contributed by atoms with Crippen LogP contribution >= 0.6 is 0 Å². The fourth-order valence-corrected chi connectivity index (χ4v) is 3.43. The zero-order valence-electron chi connectivity index (χ0n) is 12.5. The van der Waals surface area contributed by atoms with Crippen LogP contribution in [0.4, 0.5) is 0 Å². The molecule has 0 bridgehead atoms. The van der Waals surface area contributed by atoms with Gasteiger partial charge in [0.25, 0.3) is 5.91 Å². The number of carbonyl (C=O) groups is 1. The van der Waals surface area contributed by atoms with E-state index in [0.29, 0.717) is 12.0 Å². The van der Waals surface area contributed by atoms with Crippen molar-refractivity contribution in [2.75, 3.05) is 26.2 Å². The van der Waals surface area contributed by atoms with Crippen molar-refractivity contribution in [2.45, 2.75) is 31.7 Å². The van der Waals surface area contributed by atoms with E-state index in [2.05, 4.69) is 5.32 Å². The normalized spacial score (nSPS) is 25.8. The van der Waals surface area contributed by atoms with E-state index in [1.807, 2.05) is 35.2 Å². The minimum atomic E-state index is 0.113. The van der Waals surface area contributed by atoms with E-state index in [-0.39, 0.29) is 12.5 Å². The molecule has 2 aliphatic rings. The predicted molar refractivity (Wildman–Crippen MR) is 82.3 cm³/mol. The van der Waals surface area contributed by atoms with E-state index in [1.54, 1.807) is 0 Å².